The van der Waals surface area contributed by atoms with Gasteiger partial charge in [-0.1, -0.05) is 30.3 Å². The second-order valence-electron chi connectivity index (χ2n) is 6.05. The zero-order valence-corrected chi connectivity index (χ0v) is 14.5. The number of carbonyl (C=O) groups is 1. The van der Waals surface area contributed by atoms with Crippen molar-refractivity contribution in [2.75, 3.05) is 14.1 Å². The number of amides is 1. The van der Waals surface area contributed by atoms with Crippen molar-refractivity contribution in [2.45, 2.75) is 11.2 Å². The highest BCUT2D eigenvalue weighted by molar-refractivity contribution is 7.90. The van der Waals surface area contributed by atoms with Crippen molar-refractivity contribution in [3.63, 3.8) is 0 Å². The summed E-state index contributed by atoms with van der Waals surface area (Å²) in [5.41, 5.74) is 0.961. The van der Waals surface area contributed by atoms with E-state index in [1.165, 1.54) is 9.31 Å². The Morgan fingerprint density at radius 2 is 1.68 bits per heavy atom. The molecule has 2 aromatic rings. The topological polar surface area (TPSA) is 73.3 Å². The van der Waals surface area contributed by atoms with Gasteiger partial charge in [-0.05, 0) is 38.4 Å². The molecule has 0 aromatic heterocycles. The molecule has 4 rings (SSSR count). The van der Waals surface area contributed by atoms with Crippen molar-refractivity contribution in [3.8, 4) is 0 Å². The Balaban J connectivity index is 1.87. The quantitative estimate of drug-likeness (QED) is 0.814. The van der Waals surface area contributed by atoms with Gasteiger partial charge in [0, 0.05) is 11.1 Å². The van der Waals surface area contributed by atoms with Gasteiger partial charge in [-0.3, -0.25) is 9.69 Å². The first kappa shape index (κ1) is 15.8. The summed E-state index contributed by atoms with van der Waals surface area (Å²) in [6.07, 6.45) is -0.847. The van der Waals surface area contributed by atoms with Crippen LogP contribution in [-0.4, -0.2) is 54.8 Å². The Hall–Kier alpha value is -2.71. The van der Waals surface area contributed by atoms with Crippen LogP contribution in [0.15, 0.2) is 64.6 Å². The van der Waals surface area contributed by atoms with Crippen LogP contribution < -0.4 is 0 Å². The minimum Gasteiger partial charge on any atom is -0.270 e. The Bertz CT molecular complexity index is 986. The van der Waals surface area contributed by atoms with E-state index >= 15 is 0 Å². The third kappa shape index (κ3) is 2.18. The molecule has 2 aliphatic rings. The summed E-state index contributed by atoms with van der Waals surface area (Å²) in [6, 6.07) is 15.4. The van der Waals surface area contributed by atoms with E-state index < -0.39 is 16.3 Å². The van der Waals surface area contributed by atoms with Crippen LogP contribution in [0.25, 0.3) is 0 Å². The molecular weight excluding hydrogens is 340 g/mol. The van der Waals surface area contributed by atoms with Crippen molar-refractivity contribution in [1.29, 1.82) is 0 Å². The molecule has 0 aliphatic carbocycles. The monoisotopic (exact) mass is 356 g/mol. The minimum atomic E-state index is -3.76. The van der Waals surface area contributed by atoms with Gasteiger partial charge in [0.25, 0.3) is 15.9 Å². The maximum Gasteiger partial charge on any atom is 0.277 e. The van der Waals surface area contributed by atoms with E-state index in [-0.39, 0.29) is 16.6 Å². The molecule has 0 saturated heterocycles. The SMILES string of the molecule is CN(C)[C@@H]1N(C(=O)c2ccccc2)N=C2c3ccccc3S(=O)(=O)N21. The summed E-state index contributed by atoms with van der Waals surface area (Å²) in [4.78, 5) is 14.8. The maximum absolute atomic E-state index is 13.0. The second-order valence-corrected chi connectivity index (χ2v) is 7.83. The third-order valence-corrected chi connectivity index (χ3v) is 5.99. The number of benzene rings is 2. The van der Waals surface area contributed by atoms with Gasteiger partial charge >= 0.3 is 0 Å². The predicted octanol–water partition coefficient (Wildman–Crippen LogP) is 1.35. The number of rotatable bonds is 2. The molecule has 0 saturated carbocycles. The normalized spacial score (nSPS) is 20.4. The van der Waals surface area contributed by atoms with Crippen molar-refractivity contribution in [3.05, 3.63) is 65.7 Å². The van der Waals surface area contributed by atoms with Gasteiger partial charge in [0.2, 0.25) is 0 Å². The first-order valence-electron chi connectivity index (χ1n) is 7.70. The highest BCUT2D eigenvalue weighted by Crippen LogP contribution is 2.38. The largest absolute Gasteiger partial charge is 0.277 e. The average Bonchev–Trinajstić information content (AvgIpc) is 3.11. The third-order valence-electron chi connectivity index (χ3n) is 4.20. The summed E-state index contributed by atoms with van der Waals surface area (Å²) in [6.45, 7) is 0. The number of amidine groups is 1. The molecule has 0 spiro atoms. The fourth-order valence-electron chi connectivity index (χ4n) is 3.09. The van der Waals surface area contributed by atoms with Crippen LogP contribution >= 0.6 is 0 Å². The van der Waals surface area contributed by atoms with Gasteiger partial charge < -0.3 is 0 Å². The number of hydrazone groups is 1. The van der Waals surface area contributed by atoms with E-state index in [4.69, 9.17) is 0 Å². The average molecular weight is 356 g/mol. The Labute approximate surface area is 145 Å². The Kier molecular flexibility index (Phi) is 3.41. The number of hydrogen-bond acceptors (Lipinski definition) is 5. The van der Waals surface area contributed by atoms with Crippen LogP contribution in [0.2, 0.25) is 0 Å². The first-order valence-corrected chi connectivity index (χ1v) is 9.14. The van der Waals surface area contributed by atoms with E-state index in [0.717, 1.165) is 0 Å². The standard InChI is InChI=1S/C17H16N4O3S/c1-19(2)17-20(16(22)12-8-4-3-5-9-12)18-15-13-10-6-7-11-14(13)25(23,24)21(15)17/h3-11,17H,1-2H3/t17-/m1/s1. The molecule has 0 bridgehead atoms. The van der Waals surface area contributed by atoms with Gasteiger partial charge in [-0.2, -0.15) is 5.01 Å². The molecule has 0 unspecified atom stereocenters. The summed E-state index contributed by atoms with van der Waals surface area (Å²) >= 11 is 0. The second kappa shape index (κ2) is 5.40. The molecule has 128 valence electrons. The number of nitrogens with zero attached hydrogens (tertiary/aromatic N) is 4. The summed E-state index contributed by atoms with van der Waals surface area (Å²) in [5.74, 6) is -0.0764. The highest BCUT2D eigenvalue weighted by atomic mass is 32.2. The van der Waals surface area contributed by atoms with Crippen LogP contribution in [0.3, 0.4) is 0 Å². The molecule has 1 atom stereocenters. The number of carbonyl (C=O) groups excluding carboxylic acids is 1. The van der Waals surface area contributed by atoms with Crippen molar-refractivity contribution < 1.29 is 13.2 Å². The van der Waals surface area contributed by atoms with Crippen LogP contribution in [0.4, 0.5) is 0 Å². The zero-order valence-electron chi connectivity index (χ0n) is 13.7. The molecule has 2 aromatic carbocycles. The molecule has 2 heterocycles. The lowest BCUT2D eigenvalue weighted by molar-refractivity contribution is 0.0341. The van der Waals surface area contributed by atoms with E-state index in [0.29, 0.717) is 11.1 Å². The van der Waals surface area contributed by atoms with E-state index in [1.54, 1.807) is 67.5 Å². The molecule has 0 fully saturated rings. The minimum absolute atomic E-state index is 0.215. The van der Waals surface area contributed by atoms with Crippen molar-refractivity contribution >= 4 is 21.8 Å². The highest BCUT2D eigenvalue weighted by Gasteiger charge is 2.52. The fraction of sp³-hybridized carbons (Fsp3) is 0.176. The molecule has 1 amide bonds. The summed E-state index contributed by atoms with van der Waals surface area (Å²) in [5, 5.41) is 5.59. The van der Waals surface area contributed by atoms with Gasteiger partial charge in [-0.25, -0.2) is 12.7 Å². The van der Waals surface area contributed by atoms with Crippen LogP contribution in [0, 0.1) is 0 Å². The summed E-state index contributed by atoms with van der Waals surface area (Å²) < 4.78 is 27.1. The van der Waals surface area contributed by atoms with Gasteiger partial charge in [-0.15, -0.1) is 5.10 Å². The van der Waals surface area contributed by atoms with Crippen molar-refractivity contribution in [1.82, 2.24) is 14.2 Å². The van der Waals surface area contributed by atoms with Gasteiger partial charge in [0.15, 0.2) is 12.1 Å². The number of fused-ring (bicyclic) bond motifs is 3. The smallest absolute Gasteiger partial charge is 0.270 e. The number of hydrogen-bond donors (Lipinski definition) is 0. The van der Waals surface area contributed by atoms with E-state index in [9.17, 15) is 13.2 Å². The van der Waals surface area contributed by atoms with E-state index in [2.05, 4.69) is 5.10 Å². The molecule has 25 heavy (non-hydrogen) atoms. The molecule has 0 radical (unpaired) electrons. The van der Waals surface area contributed by atoms with Crippen LogP contribution in [0.1, 0.15) is 15.9 Å². The number of sulfonamides is 1. The molecule has 0 N–H and O–H groups in total. The lowest BCUT2D eigenvalue weighted by atomic mass is 10.2. The van der Waals surface area contributed by atoms with Gasteiger partial charge in [0.05, 0.1) is 4.90 Å². The Morgan fingerprint density at radius 1 is 1.04 bits per heavy atom. The van der Waals surface area contributed by atoms with Crippen LogP contribution in [0.5, 0.6) is 0 Å². The zero-order chi connectivity index (χ0) is 17.8. The molecule has 8 heteroatoms. The molecule has 2 aliphatic heterocycles. The predicted molar refractivity (Wildman–Crippen MR) is 92.1 cm³/mol. The lowest BCUT2D eigenvalue weighted by Crippen LogP contribution is -2.53. The van der Waals surface area contributed by atoms with E-state index in [1.807, 2.05) is 6.07 Å². The van der Waals surface area contributed by atoms with Gasteiger partial charge in [0.1, 0.15) is 0 Å². The fourth-order valence-corrected chi connectivity index (χ4v) is 4.88. The molecular formula is C17H16N4O3S. The first-order chi connectivity index (χ1) is 11.9. The summed E-state index contributed by atoms with van der Waals surface area (Å²) in [7, 11) is -0.329. The maximum atomic E-state index is 13.0. The molecule has 7 nitrogen and oxygen atoms in total. The van der Waals surface area contributed by atoms with Crippen molar-refractivity contribution in [2.24, 2.45) is 5.10 Å². The lowest BCUT2D eigenvalue weighted by Gasteiger charge is -2.32. The van der Waals surface area contributed by atoms with Crippen LogP contribution in [-0.2, 0) is 10.0 Å². The Morgan fingerprint density at radius 3 is 2.36 bits per heavy atom.